The van der Waals surface area contributed by atoms with Gasteiger partial charge in [0.25, 0.3) is 0 Å². The van der Waals surface area contributed by atoms with Crippen molar-refractivity contribution < 1.29 is 0 Å². The third-order valence-electron chi connectivity index (χ3n) is 1.68. The number of hydrogen-bond donors (Lipinski definition) is 1. The molecule has 1 aromatic rings. The van der Waals surface area contributed by atoms with E-state index in [9.17, 15) is 0 Å². The Morgan fingerprint density at radius 2 is 1.86 bits per heavy atom. The van der Waals surface area contributed by atoms with Crippen molar-refractivity contribution in [2.45, 2.75) is 6.54 Å². The van der Waals surface area contributed by atoms with E-state index in [4.69, 9.17) is 34.8 Å². The molecule has 4 heteroatoms. The van der Waals surface area contributed by atoms with Gasteiger partial charge in [0.05, 0.1) is 0 Å². The van der Waals surface area contributed by atoms with E-state index in [1.165, 1.54) is 0 Å². The van der Waals surface area contributed by atoms with E-state index in [0.29, 0.717) is 28.2 Å². The van der Waals surface area contributed by atoms with Crippen molar-refractivity contribution in [2.75, 3.05) is 6.54 Å². The van der Waals surface area contributed by atoms with Gasteiger partial charge in [0.1, 0.15) is 0 Å². The maximum atomic E-state index is 5.96. The molecule has 0 aromatic heterocycles. The van der Waals surface area contributed by atoms with Gasteiger partial charge in [0, 0.05) is 33.7 Å². The Hall–Kier alpha value is -0.210. The second-order valence-electron chi connectivity index (χ2n) is 2.82. The van der Waals surface area contributed by atoms with E-state index in [2.05, 4.69) is 11.9 Å². The summed E-state index contributed by atoms with van der Waals surface area (Å²) in [6.07, 6.45) is 0. The summed E-state index contributed by atoms with van der Waals surface area (Å²) in [5.41, 5.74) is 0.883. The van der Waals surface area contributed by atoms with Crippen molar-refractivity contribution >= 4 is 34.8 Å². The average molecular weight is 251 g/mol. The van der Waals surface area contributed by atoms with Crippen LogP contribution in [0.15, 0.2) is 29.8 Å². The normalized spacial score (nSPS) is 10.2. The predicted molar refractivity (Wildman–Crippen MR) is 63.2 cm³/mol. The Bertz CT molecular complexity index is 316. The molecule has 1 nitrogen and oxygen atoms in total. The molecule has 0 saturated heterocycles. The largest absolute Gasteiger partial charge is 0.308 e. The second kappa shape index (κ2) is 5.62. The fraction of sp³-hybridized carbons (Fsp3) is 0.200. The minimum Gasteiger partial charge on any atom is -0.308 e. The predicted octanol–water partition coefficient (Wildman–Crippen LogP) is 3.84. The van der Waals surface area contributed by atoms with Crippen LogP contribution in [0.25, 0.3) is 0 Å². The number of nitrogens with one attached hydrogen (secondary N) is 1. The number of hydrogen-bond acceptors (Lipinski definition) is 1. The van der Waals surface area contributed by atoms with Crippen LogP contribution in [0.5, 0.6) is 0 Å². The number of benzene rings is 1. The highest BCUT2D eigenvalue weighted by atomic mass is 35.5. The molecule has 76 valence electrons. The van der Waals surface area contributed by atoms with Gasteiger partial charge >= 0.3 is 0 Å². The topological polar surface area (TPSA) is 12.0 Å². The minimum absolute atomic E-state index is 0.545. The first-order valence-corrected chi connectivity index (χ1v) is 5.21. The average Bonchev–Trinajstić information content (AvgIpc) is 2.09. The van der Waals surface area contributed by atoms with Crippen molar-refractivity contribution in [1.82, 2.24) is 5.32 Å². The molecule has 1 N–H and O–H groups in total. The summed E-state index contributed by atoms with van der Waals surface area (Å²) < 4.78 is 0. The molecular formula is C10H10Cl3N. The van der Waals surface area contributed by atoms with Crippen LogP contribution in [-0.2, 0) is 6.54 Å². The molecule has 14 heavy (non-hydrogen) atoms. The smallest absolute Gasteiger partial charge is 0.0465 e. The lowest BCUT2D eigenvalue weighted by atomic mass is 10.2. The van der Waals surface area contributed by atoms with Gasteiger partial charge in [-0.3, -0.25) is 0 Å². The number of rotatable bonds is 4. The van der Waals surface area contributed by atoms with E-state index in [0.717, 1.165) is 5.56 Å². The van der Waals surface area contributed by atoms with Gasteiger partial charge in [0.15, 0.2) is 0 Å². The summed E-state index contributed by atoms with van der Waals surface area (Å²) >= 11 is 17.5. The van der Waals surface area contributed by atoms with Crippen LogP contribution >= 0.6 is 34.8 Å². The molecule has 1 rings (SSSR count). The summed E-state index contributed by atoms with van der Waals surface area (Å²) in [6, 6.07) is 5.43. The van der Waals surface area contributed by atoms with Crippen LogP contribution < -0.4 is 5.32 Å². The molecule has 0 amide bonds. The zero-order chi connectivity index (χ0) is 10.6. The molecule has 1 aromatic carbocycles. The van der Waals surface area contributed by atoms with Crippen LogP contribution in [0.1, 0.15) is 5.56 Å². The highest BCUT2D eigenvalue weighted by molar-refractivity contribution is 6.36. The van der Waals surface area contributed by atoms with Crippen molar-refractivity contribution in [2.24, 2.45) is 0 Å². The van der Waals surface area contributed by atoms with Crippen LogP contribution in [-0.4, -0.2) is 6.54 Å². The van der Waals surface area contributed by atoms with Crippen molar-refractivity contribution in [1.29, 1.82) is 0 Å². The van der Waals surface area contributed by atoms with Crippen LogP contribution in [0.4, 0.5) is 0 Å². The van der Waals surface area contributed by atoms with Gasteiger partial charge in [-0.05, 0) is 12.1 Å². The lowest BCUT2D eigenvalue weighted by Crippen LogP contribution is -2.15. The van der Waals surface area contributed by atoms with Crippen LogP contribution in [0.3, 0.4) is 0 Å². The zero-order valence-corrected chi connectivity index (χ0v) is 9.76. The molecule has 0 heterocycles. The van der Waals surface area contributed by atoms with Crippen molar-refractivity contribution in [3.05, 3.63) is 45.4 Å². The quantitative estimate of drug-likeness (QED) is 0.856. The fourth-order valence-corrected chi connectivity index (χ4v) is 1.65. The summed E-state index contributed by atoms with van der Waals surface area (Å²) in [6.45, 7) is 4.70. The number of halogens is 3. The summed E-state index contributed by atoms with van der Waals surface area (Å²) in [4.78, 5) is 0. The van der Waals surface area contributed by atoms with E-state index < -0.39 is 0 Å². The van der Waals surface area contributed by atoms with Gasteiger partial charge in [-0.15, -0.1) is 0 Å². The van der Waals surface area contributed by atoms with Crippen LogP contribution in [0.2, 0.25) is 10.0 Å². The molecule has 0 saturated carbocycles. The summed E-state index contributed by atoms with van der Waals surface area (Å²) in [5.74, 6) is 0. The molecule has 0 radical (unpaired) electrons. The van der Waals surface area contributed by atoms with Gasteiger partial charge in [-0.25, -0.2) is 0 Å². The molecule has 0 fully saturated rings. The molecule has 0 aliphatic rings. The Kier molecular flexibility index (Phi) is 4.76. The zero-order valence-electron chi connectivity index (χ0n) is 7.49. The van der Waals surface area contributed by atoms with E-state index in [-0.39, 0.29) is 0 Å². The van der Waals surface area contributed by atoms with E-state index in [1.54, 1.807) is 12.1 Å². The monoisotopic (exact) mass is 249 g/mol. The van der Waals surface area contributed by atoms with Crippen molar-refractivity contribution in [3.8, 4) is 0 Å². The molecule has 0 aliphatic heterocycles. The van der Waals surface area contributed by atoms with Gasteiger partial charge < -0.3 is 5.32 Å². The van der Waals surface area contributed by atoms with Crippen molar-refractivity contribution in [3.63, 3.8) is 0 Å². The third-order valence-corrected chi connectivity index (χ3v) is 2.52. The SMILES string of the molecule is C=C(Cl)CNCc1c(Cl)cccc1Cl. The third kappa shape index (κ3) is 3.50. The molecule has 0 atom stereocenters. The first-order valence-electron chi connectivity index (χ1n) is 4.08. The van der Waals surface area contributed by atoms with Crippen LogP contribution in [0, 0.1) is 0 Å². The van der Waals surface area contributed by atoms with Gasteiger partial charge in [-0.1, -0.05) is 47.4 Å². The van der Waals surface area contributed by atoms with E-state index in [1.807, 2.05) is 6.07 Å². The second-order valence-corrected chi connectivity index (χ2v) is 4.17. The lowest BCUT2D eigenvalue weighted by molar-refractivity contribution is 0.755. The van der Waals surface area contributed by atoms with E-state index >= 15 is 0 Å². The fourth-order valence-electron chi connectivity index (χ4n) is 1.02. The summed E-state index contributed by atoms with van der Waals surface area (Å²) in [7, 11) is 0. The molecule has 0 bridgehead atoms. The maximum absolute atomic E-state index is 5.96. The molecule has 0 unspecified atom stereocenters. The Morgan fingerprint density at radius 3 is 2.36 bits per heavy atom. The Morgan fingerprint density at radius 1 is 1.29 bits per heavy atom. The summed E-state index contributed by atoms with van der Waals surface area (Å²) in [5, 5.41) is 4.96. The Balaban J connectivity index is 2.62. The minimum atomic E-state index is 0.545. The molecular weight excluding hydrogens is 240 g/mol. The molecule has 0 aliphatic carbocycles. The first-order chi connectivity index (χ1) is 6.61. The highest BCUT2D eigenvalue weighted by Crippen LogP contribution is 2.23. The van der Waals surface area contributed by atoms with Gasteiger partial charge in [-0.2, -0.15) is 0 Å². The van der Waals surface area contributed by atoms with Gasteiger partial charge in [0.2, 0.25) is 0 Å². The molecule has 0 spiro atoms. The highest BCUT2D eigenvalue weighted by Gasteiger charge is 2.04. The Labute approximate surface area is 98.7 Å². The lowest BCUT2D eigenvalue weighted by Gasteiger charge is -2.07. The maximum Gasteiger partial charge on any atom is 0.0465 e. The first kappa shape index (κ1) is 11.9. The standard InChI is InChI=1S/C10H10Cl3N/c1-7(11)5-14-6-8-9(12)3-2-4-10(8)13/h2-4,14H,1,5-6H2.